The Morgan fingerprint density at radius 3 is 0.942 bits per heavy atom. The summed E-state index contributed by atoms with van der Waals surface area (Å²) >= 11 is 3.32. The molecule has 0 amide bonds. The number of aromatic nitrogens is 3. The second-order valence-corrected chi connectivity index (χ2v) is 18.4. The minimum Gasteiger partial charge on any atom is -0.309 e. The zero-order valence-corrected chi connectivity index (χ0v) is 38.9. The summed E-state index contributed by atoms with van der Waals surface area (Å²) in [7, 11) is 0. The average Bonchev–Trinajstić information content (AvgIpc) is 4.17. The summed E-state index contributed by atoms with van der Waals surface area (Å²) in [5.41, 5.74) is 11.6. The zero-order valence-electron chi connectivity index (χ0n) is 37.3. The lowest BCUT2D eigenvalue weighted by molar-refractivity contribution is 1.18. The second kappa shape index (κ2) is 18.5. The van der Waals surface area contributed by atoms with Gasteiger partial charge in [-0.25, -0.2) is 9.97 Å². The number of benzene rings is 9. The van der Waals surface area contributed by atoms with E-state index in [9.17, 15) is 0 Å². The third kappa shape index (κ3) is 8.05. The van der Waals surface area contributed by atoms with Gasteiger partial charge < -0.3 is 14.4 Å². The summed E-state index contributed by atoms with van der Waals surface area (Å²) in [6.07, 6.45) is 3.99. The molecule has 330 valence electrons. The van der Waals surface area contributed by atoms with E-state index in [1.165, 1.54) is 0 Å². The van der Waals surface area contributed by atoms with E-state index < -0.39 is 0 Å². The normalized spacial score (nSPS) is 11.2. The van der Waals surface area contributed by atoms with Gasteiger partial charge in [0.2, 0.25) is 0 Å². The van der Waals surface area contributed by atoms with Crippen LogP contribution in [0.2, 0.25) is 0 Å². The molecule has 9 heteroatoms. The number of nitrogens with zero attached hydrogens (tertiary/aromatic N) is 7. The lowest BCUT2D eigenvalue weighted by atomic mass is 10.1. The number of rotatable bonds is 13. The largest absolute Gasteiger partial charge is 0.309 e. The molecule has 0 aliphatic carbocycles. The molecule has 9 aromatic carbocycles. The minimum atomic E-state index is 0.858. The average molecular weight is 926 g/mol. The van der Waals surface area contributed by atoms with Crippen molar-refractivity contribution in [3.8, 4) is 5.69 Å². The third-order valence-corrected chi connectivity index (χ3v) is 14.1. The van der Waals surface area contributed by atoms with Crippen LogP contribution in [0.5, 0.6) is 0 Å². The maximum Gasteiger partial charge on any atom is 0.196 e. The summed E-state index contributed by atoms with van der Waals surface area (Å²) in [6, 6.07) is 87.3. The van der Waals surface area contributed by atoms with Crippen molar-refractivity contribution in [2.24, 2.45) is 0 Å². The van der Waals surface area contributed by atoms with Crippen molar-refractivity contribution in [2.75, 3.05) is 19.6 Å². The van der Waals surface area contributed by atoms with Gasteiger partial charge in [0.25, 0.3) is 0 Å². The molecule has 0 bridgehead atoms. The first-order valence-electron chi connectivity index (χ1n) is 22.8. The maximum absolute atomic E-state index is 5.18. The molecule has 3 heterocycles. The van der Waals surface area contributed by atoms with Gasteiger partial charge in [-0.05, 0) is 121 Å². The van der Waals surface area contributed by atoms with Gasteiger partial charge in [0.1, 0.15) is 10.0 Å². The Kier molecular flexibility index (Phi) is 11.2. The zero-order chi connectivity index (χ0) is 45.9. The van der Waals surface area contributed by atoms with Crippen LogP contribution in [0, 0.1) is 0 Å². The summed E-state index contributed by atoms with van der Waals surface area (Å²) in [6.45, 7) is 0. The summed E-state index contributed by atoms with van der Waals surface area (Å²) < 4.78 is 2.37. The molecule has 0 N–H and O–H groups in total. The molecular weight excluding hydrogens is 883 g/mol. The predicted molar refractivity (Wildman–Crippen MR) is 291 cm³/mol. The number of anilines is 12. The van der Waals surface area contributed by atoms with Gasteiger partial charge in [0.15, 0.2) is 10.3 Å². The van der Waals surface area contributed by atoms with Crippen molar-refractivity contribution in [2.45, 2.75) is 0 Å². The predicted octanol–water partition coefficient (Wildman–Crippen LogP) is 17.6. The van der Waals surface area contributed by atoms with E-state index in [2.05, 4.69) is 261 Å². The van der Waals surface area contributed by atoms with Crippen molar-refractivity contribution in [3.05, 3.63) is 261 Å². The molecule has 0 aliphatic rings. The van der Waals surface area contributed by atoms with E-state index in [1.54, 1.807) is 22.7 Å². The molecule has 0 radical (unpaired) electrons. The smallest absolute Gasteiger partial charge is 0.196 e. The molecule has 12 aromatic rings. The van der Waals surface area contributed by atoms with Gasteiger partial charge in [-0.3, -0.25) is 9.80 Å². The van der Waals surface area contributed by atoms with E-state index in [1.807, 2.05) is 24.5 Å². The maximum atomic E-state index is 5.18. The third-order valence-electron chi connectivity index (χ3n) is 12.1. The first kappa shape index (κ1) is 41.7. The number of fused-ring (bicyclic) bond motifs is 3. The van der Waals surface area contributed by atoms with Crippen molar-refractivity contribution in [1.29, 1.82) is 0 Å². The van der Waals surface area contributed by atoms with Gasteiger partial charge in [-0.1, -0.05) is 150 Å². The molecule has 7 nitrogen and oxygen atoms in total. The molecule has 0 unspecified atom stereocenters. The second-order valence-electron chi connectivity index (χ2n) is 16.4. The van der Waals surface area contributed by atoms with Crippen LogP contribution in [0.3, 0.4) is 0 Å². The molecule has 3 aromatic heterocycles. The van der Waals surface area contributed by atoms with Gasteiger partial charge in [0, 0.05) is 62.0 Å². The molecule has 0 fully saturated rings. The van der Waals surface area contributed by atoms with Crippen LogP contribution in [0.1, 0.15) is 0 Å². The van der Waals surface area contributed by atoms with Crippen molar-refractivity contribution < 1.29 is 0 Å². The lowest BCUT2D eigenvalue weighted by Gasteiger charge is -2.24. The monoisotopic (exact) mass is 925 g/mol. The summed E-state index contributed by atoms with van der Waals surface area (Å²) in [5, 5.41) is 5.99. The number of hydrogen-bond acceptors (Lipinski definition) is 8. The quantitative estimate of drug-likeness (QED) is 0.115. The van der Waals surface area contributed by atoms with Crippen molar-refractivity contribution in [1.82, 2.24) is 14.5 Å². The minimum absolute atomic E-state index is 0.858. The van der Waals surface area contributed by atoms with Crippen LogP contribution in [-0.2, 0) is 0 Å². The molecule has 69 heavy (non-hydrogen) atoms. The SMILES string of the molecule is c1ccc(N(c2ccc3c(c2)c2cc(N(c4ccccc4)c4ncc(N(c5ccccc5)c5ccccc5)s4)ccc2n3-c2ccccc2)c2cnc(N(c3ccccc3)c3ccccc3)s2)cc1. The Bertz CT molecular complexity index is 3320. The molecule has 0 saturated carbocycles. The van der Waals surface area contributed by atoms with Gasteiger partial charge in [-0.2, -0.15) is 0 Å². The van der Waals surface area contributed by atoms with Crippen LogP contribution >= 0.6 is 22.7 Å². The number of para-hydroxylation sites is 7. The van der Waals surface area contributed by atoms with Crippen LogP contribution in [0.25, 0.3) is 27.5 Å². The fraction of sp³-hybridized carbons (Fsp3) is 0. The Labute approximate surface area is 408 Å². The molecule has 0 atom stereocenters. The van der Waals surface area contributed by atoms with Crippen molar-refractivity contribution in [3.63, 3.8) is 0 Å². The topological polar surface area (TPSA) is 43.7 Å². The highest BCUT2D eigenvalue weighted by atomic mass is 32.1. The van der Waals surface area contributed by atoms with Crippen LogP contribution in [-0.4, -0.2) is 14.5 Å². The van der Waals surface area contributed by atoms with E-state index in [0.717, 1.165) is 93.3 Å². The Morgan fingerprint density at radius 1 is 0.290 bits per heavy atom. The highest BCUT2D eigenvalue weighted by Crippen LogP contribution is 2.48. The molecule has 0 aliphatic heterocycles. The fourth-order valence-corrected chi connectivity index (χ4v) is 11.1. The Morgan fingerprint density at radius 2 is 0.580 bits per heavy atom. The highest BCUT2D eigenvalue weighted by Gasteiger charge is 2.25. The molecular formula is C60H43N7S2. The standard InChI is InChI=1S/C60H43N7S2/c1-8-22-44(23-9-1)63(45-24-10-2-11-25-45)57-42-62-60(68-57)66(49-32-18-6-19-33-49)52-37-39-56-54(41-52)53-40-51(36-38-55(53)67(56)50-34-20-7-21-35-50)64(46-26-12-3-13-27-46)58-43-61-59(69-58)65(47-28-14-4-15-29-47)48-30-16-5-17-31-48/h1-43H. The first-order chi connectivity index (χ1) is 34.2. The van der Waals surface area contributed by atoms with Crippen LogP contribution in [0.15, 0.2) is 261 Å². The van der Waals surface area contributed by atoms with E-state index in [-0.39, 0.29) is 0 Å². The van der Waals surface area contributed by atoms with Crippen LogP contribution < -0.4 is 19.6 Å². The van der Waals surface area contributed by atoms with Gasteiger partial charge in [-0.15, -0.1) is 0 Å². The van der Waals surface area contributed by atoms with E-state index in [4.69, 9.17) is 9.97 Å². The molecule has 0 spiro atoms. The summed E-state index contributed by atoms with van der Waals surface area (Å²) in [4.78, 5) is 19.4. The van der Waals surface area contributed by atoms with E-state index >= 15 is 0 Å². The molecule has 12 rings (SSSR count). The lowest BCUT2D eigenvalue weighted by Crippen LogP contribution is -2.09. The van der Waals surface area contributed by atoms with Crippen molar-refractivity contribution >= 4 is 110 Å². The number of hydrogen-bond donors (Lipinski definition) is 0. The highest BCUT2D eigenvalue weighted by molar-refractivity contribution is 7.20. The van der Waals surface area contributed by atoms with Gasteiger partial charge >= 0.3 is 0 Å². The summed E-state index contributed by atoms with van der Waals surface area (Å²) in [5.74, 6) is 0. The van der Waals surface area contributed by atoms with E-state index in [0.29, 0.717) is 0 Å². The molecule has 0 saturated heterocycles. The van der Waals surface area contributed by atoms with Gasteiger partial charge in [0.05, 0.1) is 23.4 Å². The Balaban J connectivity index is 1.02. The van der Waals surface area contributed by atoms with Crippen LogP contribution in [0.4, 0.5) is 65.8 Å². The number of thiazole rings is 2. The fourth-order valence-electron chi connectivity index (χ4n) is 9.07. The first-order valence-corrected chi connectivity index (χ1v) is 24.4. The Hall–Kier alpha value is -8.76.